The molecule has 46 heavy (non-hydrogen) atoms. The molecule has 4 rings (SSSR count). The molecule has 240 valence electrons. The lowest BCUT2D eigenvalue weighted by atomic mass is 9.93. The van der Waals surface area contributed by atoms with Crippen LogP contribution in [0.3, 0.4) is 0 Å². The lowest BCUT2D eigenvalue weighted by molar-refractivity contribution is -0.128. The zero-order chi connectivity index (χ0) is 33.4. The predicted octanol–water partition coefficient (Wildman–Crippen LogP) is 3.38. The summed E-state index contributed by atoms with van der Waals surface area (Å²) in [5.41, 5.74) is 8.40. The third kappa shape index (κ3) is 9.21. The lowest BCUT2D eigenvalue weighted by Gasteiger charge is -2.28. The van der Waals surface area contributed by atoms with Crippen molar-refractivity contribution in [2.75, 3.05) is 0 Å². The number of hydrogen-bond acceptors (Lipinski definition) is 6. The first-order valence-corrected chi connectivity index (χ1v) is 15.2. The summed E-state index contributed by atoms with van der Waals surface area (Å²) in [7, 11) is 0. The molecule has 10 nitrogen and oxygen atoms in total. The van der Waals surface area contributed by atoms with E-state index in [1.807, 2.05) is 76.2 Å². The van der Waals surface area contributed by atoms with Gasteiger partial charge < -0.3 is 26.8 Å². The van der Waals surface area contributed by atoms with Crippen molar-refractivity contribution in [3.63, 3.8) is 0 Å². The average Bonchev–Trinajstić information content (AvgIpc) is 3.00. The number of hydrogen-bond donors (Lipinski definition) is 5. The summed E-state index contributed by atoms with van der Waals surface area (Å²) in [6, 6.07) is 23.1. The van der Waals surface area contributed by atoms with E-state index < -0.39 is 47.9 Å². The molecule has 0 aliphatic rings. The number of aliphatic hydroxyl groups excluding tert-OH is 1. The molecule has 0 fully saturated rings. The average molecular weight is 624 g/mol. The Morgan fingerprint density at radius 3 is 2.20 bits per heavy atom. The van der Waals surface area contributed by atoms with Gasteiger partial charge in [-0.3, -0.25) is 19.2 Å². The molecule has 3 aromatic carbocycles. The van der Waals surface area contributed by atoms with E-state index >= 15 is 0 Å². The minimum absolute atomic E-state index is 0.0542. The van der Waals surface area contributed by atoms with Crippen LogP contribution in [0.4, 0.5) is 0 Å². The molecule has 0 saturated carbocycles. The molecule has 0 aliphatic carbocycles. The van der Waals surface area contributed by atoms with Crippen molar-refractivity contribution < 1.29 is 24.3 Å². The van der Waals surface area contributed by atoms with Crippen LogP contribution in [0, 0.1) is 6.92 Å². The Balaban J connectivity index is 1.58. The number of amides is 4. The highest BCUT2D eigenvalue weighted by atomic mass is 16.3. The van der Waals surface area contributed by atoms with Gasteiger partial charge in [0.2, 0.25) is 11.8 Å². The number of aryl methyl sites for hydroxylation is 1. The Morgan fingerprint density at radius 1 is 0.848 bits per heavy atom. The molecule has 4 amide bonds. The van der Waals surface area contributed by atoms with E-state index in [9.17, 15) is 24.3 Å². The van der Waals surface area contributed by atoms with E-state index in [2.05, 4.69) is 20.9 Å². The van der Waals surface area contributed by atoms with Crippen LogP contribution in [-0.4, -0.2) is 57.4 Å². The number of benzene rings is 3. The first-order valence-electron chi connectivity index (χ1n) is 15.2. The van der Waals surface area contributed by atoms with E-state index in [0.29, 0.717) is 16.6 Å². The monoisotopic (exact) mass is 623 g/mol. The smallest absolute Gasteiger partial charge is 0.270 e. The van der Waals surface area contributed by atoms with Crippen LogP contribution in [0.2, 0.25) is 0 Å². The maximum Gasteiger partial charge on any atom is 0.270 e. The van der Waals surface area contributed by atoms with Gasteiger partial charge in [-0.15, -0.1) is 0 Å². The molecule has 0 radical (unpaired) electrons. The number of nitrogens with two attached hydrogens (primary N) is 1. The maximum atomic E-state index is 13.7. The molecule has 0 saturated heterocycles. The molecule has 6 N–H and O–H groups in total. The number of nitrogens with zero attached hydrogens (tertiary/aromatic N) is 1. The molecule has 1 aromatic heterocycles. The van der Waals surface area contributed by atoms with E-state index in [4.69, 9.17) is 5.73 Å². The van der Waals surface area contributed by atoms with Crippen LogP contribution in [-0.2, 0) is 22.4 Å². The third-order valence-electron chi connectivity index (χ3n) is 7.45. The first kappa shape index (κ1) is 33.8. The van der Waals surface area contributed by atoms with Crippen LogP contribution in [0.5, 0.6) is 0 Å². The number of primary amides is 1. The fourth-order valence-electron chi connectivity index (χ4n) is 5.24. The number of nitrogens with one attached hydrogen (secondary N) is 3. The zero-order valence-corrected chi connectivity index (χ0v) is 26.5. The van der Waals surface area contributed by atoms with Gasteiger partial charge in [-0.25, -0.2) is 4.98 Å². The summed E-state index contributed by atoms with van der Waals surface area (Å²) in [6.45, 7) is 7.50. The molecular weight excluding hydrogens is 582 g/mol. The minimum Gasteiger partial charge on any atom is -0.391 e. The highest BCUT2D eigenvalue weighted by Gasteiger charge is 2.30. The fraction of sp³-hybridized carbons (Fsp3) is 0.306. The van der Waals surface area contributed by atoms with Crippen LogP contribution in [0.1, 0.15) is 64.7 Å². The Morgan fingerprint density at radius 2 is 1.50 bits per heavy atom. The van der Waals surface area contributed by atoms with Gasteiger partial charge in [0, 0.05) is 22.9 Å². The van der Waals surface area contributed by atoms with Gasteiger partial charge in [-0.1, -0.05) is 66.7 Å². The highest BCUT2D eigenvalue weighted by molar-refractivity contribution is 5.99. The van der Waals surface area contributed by atoms with Gasteiger partial charge in [0.05, 0.1) is 24.1 Å². The number of aliphatic hydroxyl groups is 1. The number of carbonyl (C=O) groups excluding carboxylic acids is 4. The molecular formula is C36H41N5O5. The molecule has 1 heterocycles. The summed E-state index contributed by atoms with van der Waals surface area (Å²) in [6.07, 6.45) is -1.30. The molecule has 0 spiro atoms. The van der Waals surface area contributed by atoms with Crippen LogP contribution < -0.4 is 21.7 Å². The number of pyridine rings is 1. The van der Waals surface area contributed by atoms with E-state index in [-0.39, 0.29) is 24.4 Å². The van der Waals surface area contributed by atoms with Gasteiger partial charge in [0.15, 0.2) is 0 Å². The number of rotatable bonds is 12. The van der Waals surface area contributed by atoms with Crippen molar-refractivity contribution in [1.29, 1.82) is 0 Å². The largest absolute Gasteiger partial charge is 0.391 e. The number of carbonyl (C=O) groups is 4. The normalized spacial score (nSPS) is 13.3. The third-order valence-corrected chi connectivity index (χ3v) is 7.45. The van der Waals surface area contributed by atoms with Crippen LogP contribution in [0.15, 0.2) is 84.9 Å². The summed E-state index contributed by atoms with van der Waals surface area (Å²) in [4.78, 5) is 56.5. The van der Waals surface area contributed by atoms with E-state index in [1.165, 1.54) is 0 Å². The van der Waals surface area contributed by atoms with Crippen molar-refractivity contribution >= 4 is 34.5 Å². The quantitative estimate of drug-likeness (QED) is 0.162. The molecule has 4 aromatic rings. The summed E-state index contributed by atoms with van der Waals surface area (Å²) >= 11 is 0. The topological polar surface area (TPSA) is 164 Å². The maximum absolute atomic E-state index is 13.7. The van der Waals surface area contributed by atoms with Gasteiger partial charge >= 0.3 is 0 Å². The van der Waals surface area contributed by atoms with Crippen molar-refractivity contribution in [2.45, 2.75) is 70.7 Å². The number of para-hydroxylation sites is 1. The Bertz CT molecular complexity index is 1720. The molecule has 3 atom stereocenters. The first-order chi connectivity index (χ1) is 21.8. The number of fused-ring (bicyclic) bond motifs is 1. The second kappa shape index (κ2) is 14.8. The van der Waals surface area contributed by atoms with E-state index in [0.717, 1.165) is 16.5 Å². The summed E-state index contributed by atoms with van der Waals surface area (Å²) in [5, 5.41) is 20.8. The zero-order valence-electron chi connectivity index (χ0n) is 26.5. The standard InChI is InChI=1S/C36H41N5O5/c1-22-18-29(38-27-17-11-10-15-25(22)27)34(45)40-30(21-32(37)43)35(46)39-28(19-23-12-6-5-7-13-23)31(42)20-24-14-8-9-16-26(24)33(44)41-36(2,3)4/h5-18,28,30-31,42H,19-21H2,1-4H3,(H2,37,43)(H,39,46)(H,40,45)(H,41,44)/t28-,30-,31+/m0/s1. The Hall–Kier alpha value is -5.09. The van der Waals surface area contributed by atoms with Gasteiger partial charge in [-0.2, -0.15) is 0 Å². The minimum atomic E-state index is -1.33. The van der Waals surface area contributed by atoms with Crippen molar-refractivity contribution in [3.8, 4) is 0 Å². The van der Waals surface area contributed by atoms with Crippen molar-refractivity contribution in [3.05, 3.63) is 113 Å². The summed E-state index contributed by atoms with van der Waals surface area (Å²) < 4.78 is 0. The van der Waals surface area contributed by atoms with E-state index in [1.54, 1.807) is 36.4 Å². The molecule has 0 bridgehead atoms. The van der Waals surface area contributed by atoms with Gasteiger partial charge in [-0.05, 0) is 69.0 Å². The van der Waals surface area contributed by atoms with Crippen LogP contribution >= 0.6 is 0 Å². The highest BCUT2D eigenvalue weighted by Crippen LogP contribution is 2.19. The molecule has 0 unspecified atom stereocenters. The molecule has 0 aliphatic heterocycles. The van der Waals surface area contributed by atoms with Crippen LogP contribution in [0.25, 0.3) is 10.9 Å². The second-order valence-electron chi connectivity index (χ2n) is 12.5. The summed E-state index contributed by atoms with van der Waals surface area (Å²) in [5.74, 6) is -2.40. The Labute approximate surface area is 268 Å². The lowest BCUT2D eigenvalue weighted by Crippen LogP contribution is -2.54. The van der Waals surface area contributed by atoms with Gasteiger partial charge in [0.25, 0.3) is 11.8 Å². The van der Waals surface area contributed by atoms with Crippen molar-refractivity contribution in [2.24, 2.45) is 5.73 Å². The fourth-order valence-corrected chi connectivity index (χ4v) is 5.24. The van der Waals surface area contributed by atoms with Crippen molar-refractivity contribution in [1.82, 2.24) is 20.9 Å². The SMILES string of the molecule is Cc1cc(C(=O)N[C@@H](CC(N)=O)C(=O)N[C@@H](Cc2ccccc2)[C@H](O)Cc2ccccc2C(=O)NC(C)(C)C)nc2ccccc12. The Kier molecular flexibility index (Phi) is 10.9. The second-order valence-corrected chi connectivity index (χ2v) is 12.5. The molecule has 10 heteroatoms. The van der Waals surface area contributed by atoms with Gasteiger partial charge in [0.1, 0.15) is 11.7 Å². The predicted molar refractivity (Wildman–Crippen MR) is 177 cm³/mol. The number of aromatic nitrogens is 1.